The van der Waals surface area contributed by atoms with E-state index in [2.05, 4.69) is 13.8 Å². The number of ketones is 2. The SMILES string of the molecule is CC(=O)O[C@H]1C[C@@]2(C)[C@@H](C[C@H]3OC(C)(C)O[C@]32C(=O)CO)[C@@H]2CCC3=CC(=O)C=C[C@]3(C)[C@H]21. The van der Waals surface area contributed by atoms with E-state index in [-0.39, 0.29) is 35.3 Å². The molecule has 1 saturated heterocycles. The zero-order valence-electron chi connectivity index (χ0n) is 20.1. The van der Waals surface area contributed by atoms with Crippen molar-refractivity contribution in [2.75, 3.05) is 6.61 Å². The monoisotopic (exact) mass is 458 g/mol. The summed E-state index contributed by atoms with van der Waals surface area (Å²) in [5.74, 6) is -1.45. The molecular formula is C26H34O7. The fraction of sp³-hybridized carbons (Fsp3) is 0.731. The molecule has 0 spiro atoms. The molecule has 180 valence electrons. The van der Waals surface area contributed by atoms with E-state index in [9.17, 15) is 19.5 Å². The van der Waals surface area contributed by atoms with Gasteiger partial charge in [0.15, 0.2) is 23.0 Å². The van der Waals surface area contributed by atoms with Crippen LogP contribution in [0.4, 0.5) is 0 Å². The Morgan fingerprint density at radius 2 is 1.97 bits per heavy atom. The van der Waals surface area contributed by atoms with Crippen molar-refractivity contribution in [3.8, 4) is 0 Å². The summed E-state index contributed by atoms with van der Waals surface area (Å²) in [7, 11) is 0. The lowest BCUT2D eigenvalue weighted by molar-refractivity contribution is -0.228. The van der Waals surface area contributed by atoms with Gasteiger partial charge in [-0.25, -0.2) is 0 Å². The van der Waals surface area contributed by atoms with E-state index < -0.39 is 41.0 Å². The van der Waals surface area contributed by atoms with Gasteiger partial charge in [0.05, 0.1) is 6.10 Å². The topological polar surface area (TPSA) is 99.1 Å². The molecule has 5 rings (SSSR count). The standard InChI is InChI=1S/C26H34O7/c1-14(28)31-19-12-25(5)18(11-21-26(25,20(30)13-27)33-23(2,3)32-21)17-7-6-15-10-16(29)8-9-24(15,4)22(17)19/h8-10,17-19,21-22,27H,6-7,11-13H2,1-5H3/t17-,18-,19-,21+,22+,24-,25-,26+/m0/s1. The number of aliphatic hydroxyl groups is 1. The number of aliphatic hydroxyl groups excluding tert-OH is 1. The van der Waals surface area contributed by atoms with E-state index >= 15 is 0 Å². The minimum atomic E-state index is -1.28. The zero-order valence-corrected chi connectivity index (χ0v) is 20.1. The number of fused-ring (bicyclic) bond motifs is 7. The normalized spacial score (nSPS) is 47.2. The summed E-state index contributed by atoms with van der Waals surface area (Å²) in [4.78, 5) is 37.7. The van der Waals surface area contributed by atoms with Gasteiger partial charge in [0.2, 0.25) is 0 Å². The predicted octanol–water partition coefficient (Wildman–Crippen LogP) is 2.90. The maximum Gasteiger partial charge on any atom is 0.302 e. The van der Waals surface area contributed by atoms with Gasteiger partial charge in [-0.1, -0.05) is 25.5 Å². The van der Waals surface area contributed by atoms with E-state index in [1.165, 1.54) is 6.92 Å². The highest BCUT2D eigenvalue weighted by Crippen LogP contribution is 2.70. The van der Waals surface area contributed by atoms with Crippen molar-refractivity contribution in [2.45, 2.75) is 83.9 Å². The number of hydrogen-bond acceptors (Lipinski definition) is 7. The van der Waals surface area contributed by atoms with Gasteiger partial charge in [-0.05, 0) is 63.5 Å². The van der Waals surface area contributed by atoms with Crippen LogP contribution in [0.2, 0.25) is 0 Å². The van der Waals surface area contributed by atoms with Gasteiger partial charge in [-0.2, -0.15) is 0 Å². The van der Waals surface area contributed by atoms with Gasteiger partial charge in [-0.15, -0.1) is 0 Å². The fourth-order valence-electron chi connectivity index (χ4n) is 8.33. The molecule has 0 aromatic heterocycles. The second-order valence-electron chi connectivity index (χ2n) is 11.5. The molecule has 4 aliphatic carbocycles. The molecule has 33 heavy (non-hydrogen) atoms. The molecule has 3 saturated carbocycles. The predicted molar refractivity (Wildman–Crippen MR) is 118 cm³/mol. The minimum absolute atomic E-state index is 0.00228. The van der Waals surface area contributed by atoms with Crippen LogP contribution in [-0.4, -0.2) is 52.8 Å². The van der Waals surface area contributed by atoms with Gasteiger partial charge in [-0.3, -0.25) is 14.4 Å². The summed E-state index contributed by atoms with van der Waals surface area (Å²) < 4.78 is 18.7. The molecule has 0 bridgehead atoms. The van der Waals surface area contributed by atoms with Crippen LogP contribution in [0, 0.1) is 28.6 Å². The average molecular weight is 459 g/mol. The summed E-state index contributed by atoms with van der Waals surface area (Å²) in [6.07, 6.45) is 7.14. The Morgan fingerprint density at radius 3 is 2.64 bits per heavy atom. The Morgan fingerprint density at radius 1 is 1.24 bits per heavy atom. The summed E-state index contributed by atoms with van der Waals surface area (Å²) in [5, 5.41) is 9.96. The van der Waals surface area contributed by atoms with Crippen molar-refractivity contribution in [2.24, 2.45) is 28.6 Å². The van der Waals surface area contributed by atoms with Crippen LogP contribution in [0.5, 0.6) is 0 Å². The van der Waals surface area contributed by atoms with Crippen LogP contribution in [0.25, 0.3) is 0 Å². The number of allylic oxidation sites excluding steroid dienone is 4. The first-order chi connectivity index (χ1) is 15.4. The van der Waals surface area contributed by atoms with Crippen molar-refractivity contribution in [1.82, 2.24) is 0 Å². The lowest BCUT2D eigenvalue weighted by Crippen LogP contribution is -2.64. The lowest BCUT2D eigenvalue weighted by Gasteiger charge is -2.60. The molecule has 5 aliphatic rings. The molecule has 8 atom stereocenters. The molecule has 1 aliphatic heterocycles. The first-order valence-corrected chi connectivity index (χ1v) is 12.0. The number of carbonyl (C=O) groups is 3. The van der Waals surface area contributed by atoms with Crippen molar-refractivity contribution >= 4 is 17.5 Å². The van der Waals surface area contributed by atoms with Gasteiger partial charge < -0.3 is 19.3 Å². The van der Waals surface area contributed by atoms with E-state index in [0.29, 0.717) is 12.8 Å². The van der Waals surface area contributed by atoms with Crippen LogP contribution in [-0.2, 0) is 28.6 Å². The Hall–Kier alpha value is -1.83. The number of hydrogen-bond donors (Lipinski definition) is 1. The van der Waals surface area contributed by atoms with Gasteiger partial charge in [0.25, 0.3) is 0 Å². The van der Waals surface area contributed by atoms with Crippen molar-refractivity contribution < 1.29 is 33.7 Å². The Labute approximate surface area is 194 Å². The molecule has 7 nitrogen and oxygen atoms in total. The average Bonchev–Trinajstić information content (AvgIpc) is 3.13. The van der Waals surface area contributed by atoms with Gasteiger partial charge in [0, 0.05) is 23.7 Å². The smallest absolute Gasteiger partial charge is 0.302 e. The summed E-state index contributed by atoms with van der Waals surface area (Å²) in [6.45, 7) is 8.58. The zero-order chi connectivity index (χ0) is 24.0. The van der Waals surface area contributed by atoms with Gasteiger partial charge >= 0.3 is 5.97 Å². The molecular weight excluding hydrogens is 424 g/mol. The highest BCUT2D eigenvalue weighted by atomic mass is 16.8. The Kier molecular flexibility index (Phi) is 4.93. The summed E-state index contributed by atoms with van der Waals surface area (Å²) >= 11 is 0. The second-order valence-corrected chi connectivity index (χ2v) is 11.5. The quantitative estimate of drug-likeness (QED) is 0.649. The lowest BCUT2D eigenvalue weighted by atomic mass is 9.46. The third-order valence-corrected chi connectivity index (χ3v) is 9.34. The first kappa shape index (κ1) is 22.9. The van der Waals surface area contributed by atoms with Crippen LogP contribution < -0.4 is 0 Å². The fourth-order valence-corrected chi connectivity index (χ4v) is 8.33. The molecule has 1 N–H and O–H groups in total. The molecule has 4 fully saturated rings. The highest BCUT2D eigenvalue weighted by Gasteiger charge is 2.77. The summed E-state index contributed by atoms with van der Waals surface area (Å²) in [5.41, 5.74) is -1.26. The van der Waals surface area contributed by atoms with Crippen molar-refractivity contribution in [3.05, 3.63) is 23.8 Å². The third-order valence-electron chi connectivity index (χ3n) is 9.34. The largest absolute Gasteiger partial charge is 0.462 e. The Bertz CT molecular complexity index is 979. The van der Waals surface area contributed by atoms with Crippen LogP contribution in [0.1, 0.15) is 60.3 Å². The minimum Gasteiger partial charge on any atom is -0.462 e. The molecule has 0 aromatic carbocycles. The first-order valence-electron chi connectivity index (χ1n) is 12.0. The maximum absolute atomic E-state index is 13.4. The van der Waals surface area contributed by atoms with E-state index in [4.69, 9.17) is 14.2 Å². The van der Waals surface area contributed by atoms with Crippen LogP contribution >= 0.6 is 0 Å². The number of Topliss-reactive ketones (excluding diaryl/α,β-unsaturated/α-hetero) is 1. The number of ether oxygens (including phenoxy) is 3. The van der Waals surface area contributed by atoms with Crippen LogP contribution in [0.3, 0.4) is 0 Å². The highest BCUT2D eigenvalue weighted by molar-refractivity contribution is 6.01. The maximum atomic E-state index is 13.4. The molecule has 0 amide bonds. The number of esters is 1. The molecule has 7 heteroatoms. The number of rotatable bonds is 3. The Balaban J connectivity index is 1.64. The van der Waals surface area contributed by atoms with E-state index in [0.717, 1.165) is 18.4 Å². The molecule has 0 radical (unpaired) electrons. The molecule has 0 aromatic rings. The molecule has 1 heterocycles. The number of carbonyl (C=O) groups excluding carboxylic acids is 3. The van der Waals surface area contributed by atoms with Crippen LogP contribution in [0.15, 0.2) is 23.8 Å². The third kappa shape index (κ3) is 2.94. The summed E-state index contributed by atoms with van der Waals surface area (Å²) in [6, 6.07) is 0. The van der Waals surface area contributed by atoms with Crippen molar-refractivity contribution in [1.29, 1.82) is 0 Å². The van der Waals surface area contributed by atoms with E-state index in [1.807, 2.05) is 6.08 Å². The second kappa shape index (κ2) is 7.09. The molecule has 0 unspecified atom stereocenters. The van der Waals surface area contributed by atoms with E-state index in [1.54, 1.807) is 26.0 Å². The van der Waals surface area contributed by atoms with Crippen molar-refractivity contribution in [3.63, 3.8) is 0 Å². The van der Waals surface area contributed by atoms with Gasteiger partial charge in [0.1, 0.15) is 12.7 Å².